The van der Waals surface area contributed by atoms with E-state index >= 15 is 0 Å². The summed E-state index contributed by atoms with van der Waals surface area (Å²) in [5, 5.41) is 37.7. The quantitative estimate of drug-likeness (QED) is 0.133. The Balaban J connectivity index is 2.51. The Bertz CT molecular complexity index is 473. The van der Waals surface area contributed by atoms with Gasteiger partial charge in [-0.05, 0) is 0 Å². The second kappa shape index (κ2) is 8.84. The molecule has 1 heterocycles. The molecule has 0 radical (unpaired) electrons. The molecule has 138 valence electrons. The predicted molar refractivity (Wildman–Crippen MR) is 81.6 cm³/mol. The molecule has 1 aliphatic heterocycles. The summed E-state index contributed by atoms with van der Waals surface area (Å²) in [6.07, 6.45) is -6.35. The molecule has 0 saturated carbocycles. The summed E-state index contributed by atoms with van der Waals surface area (Å²) in [5.41, 5.74) is 3.81. The van der Waals surface area contributed by atoms with E-state index in [9.17, 15) is 19.7 Å². The van der Waals surface area contributed by atoms with Crippen LogP contribution in [0.3, 0.4) is 0 Å². The molecule has 13 heteroatoms. The number of aliphatic hydroxyl groups excluding tert-OH is 4. The van der Waals surface area contributed by atoms with Crippen molar-refractivity contribution in [2.75, 3.05) is 13.2 Å². The van der Waals surface area contributed by atoms with Gasteiger partial charge in [-0.3, -0.25) is 0 Å². The zero-order valence-corrected chi connectivity index (χ0v) is 16.2. The zero-order valence-electron chi connectivity index (χ0n) is 12.6. The van der Waals surface area contributed by atoms with Crippen LogP contribution in [0.25, 0.3) is 0 Å². The first-order valence-corrected chi connectivity index (χ1v) is 15.9. The van der Waals surface area contributed by atoms with Crippen LogP contribution in [0.15, 0.2) is 0 Å². The van der Waals surface area contributed by atoms with Crippen molar-refractivity contribution in [2.45, 2.75) is 47.3 Å². The van der Waals surface area contributed by atoms with Crippen molar-refractivity contribution in [1.29, 1.82) is 0 Å². The van der Waals surface area contributed by atoms with E-state index in [1.54, 1.807) is 0 Å². The van der Waals surface area contributed by atoms with Gasteiger partial charge >= 0.3 is 139 Å². The van der Waals surface area contributed by atoms with Crippen LogP contribution in [-0.2, 0) is 23.4 Å². The summed E-state index contributed by atoms with van der Waals surface area (Å²) in [6.45, 7) is -1.33. The van der Waals surface area contributed by atoms with E-state index in [4.69, 9.17) is 25.3 Å². The average Bonchev–Trinajstić information content (AvgIpc) is 2.69. The Kier molecular flexibility index (Phi) is 8.34. The first kappa shape index (κ1) is 21.7. The van der Waals surface area contributed by atoms with Crippen molar-refractivity contribution >= 4 is 30.1 Å². The molecule has 0 aliphatic carbocycles. The third-order valence-electron chi connectivity index (χ3n) is 2.81. The molecule has 0 bridgehead atoms. The van der Waals surface area contributed by atoms with Gasteiger partial charge in [0.1, 0.15) is 0 Å². The summed E-state index contributed by atoms with van der Waals surface area (Å²) in [4.78, 5) is 13.8. The van der Waals surface area contributed by atoms with Gasteiger partial charge in [0.2, 0.25) is 0 Å². The maximum absolute atomic E-state index is 11.5. The summed E-state index contributed by atoms with van der Waals surface area (Å²) in [5.74, 6) is 0. The Labute approximate surface area is 139 Å². The van der Waals surface area contributed by atoms with Gasteiger partial charge in [-0.15, -0.1) is 0 Å². The van der Waals surface area contributed by atoms with Gasteiger partial charge in [0.25, 0.3) is 0 Å². The van der Waals surface area contributed by atoms with Gasteiger partial charge in [0.05, 0.1) is 0 Å². The molecule has 1 aliphatic rings. The molecule has 1 rings (SSSR count). The monoisotopic (exact) mass is 440 g/mol. The van der Waals surface area contributed by atoms with E-state index < -0.39 is 63.6 Å². The van der Waals surface area contributed by atoms with Gasteiger partial charge in [-0.1, -0.05) is 0 Å². The van der Waals surface area contributed by atoms with E-state index in [1.165, 1.54) is 0 Å². The minimum atomic E-state index is -4.69. The van der Waals surface area contributed by atoms with E-state index in [2.05, 4.69) is 14.1 Å². The molecule has 0 aromatic heterocycles. The second-order valence-electron chi connectivity index (χ2n) is 5.55. The third-order valence-corrected chi connectivity index (χ3v) is 6.94. The Hall–Kier alpha value is 0.648. The molecule has 0 spiro atoms. The topological polar surface area (TPSA) is 155 Å². The SMILES string of the molecule is C[As](C)(=S)C[C@H]1O[C@@H](OOP(=O)(O)OCC(O)CO)[C@H](O)[C@@H]1O. The Morgan fingerprint density at radius 1 is 1.35 bits per heavy atom. The van der Waals surface area contributed by atoms with Crippen LogP contribution >= 0.6 is 18.2 Å². The van der Waals surface area contributed by atoms with Crippen LogP contribution in [-0.4, -0.2) is 81.1 Å². The third kappa shape index (κ3) is 7.60. The molecule has 6 atom stereocenters. The van der Waals surface area contributed by atoms with Gasteiger partial charge in [0.15, 0.2) is 0 Å². The minimum absolute atomic E-state index is 0.404. The summed E-state index contributed by atoms with van der Waals surface area (Å²) in [7, 11) is 0.629. The number of phosphoric acid groups is 1. The number of hydrogen-bond donors (Lipinski definition) is 5. The van der Waals surface area contributed by atoms with Gasteiger partial charge in [-0.2, -0.15) is 0 Å². The van der Waals surface area contributed by atoms with E-state index in [0.717, 1.165) is 0 Å². The van der Waals surface area contributed by atoms with Gasteiger partial charge < -0.3 is 0 Å². The molecule has 5 N–H and O–H groups in total. The van der Waals surface area contributed by atoms with Crippen molar-refractivity contribution < 1.29 is 48.7 Å². The number of ether oxygens (including phenoxy) is 1. The predicted octanol–water partition coefficient (Wildman–Crippen LogP) is -0.746. The standard InChI is InChI=1S/C10H22AsO10PS/c1-11(2,23)3-7-8(14)9(15)10(19-7)20-21-22(16,17)18-5-6(13)4-12/h6-10,12-15H,3-5H2,1-2H3,(H,16,17)/t6?,7-,8-,9-,10+/m1/s1. The molecular formula is C10H22AsO10PS. The van der Waals surface area contributed by atoms with E-state index in [-0.39, 0.29) is 0 Å². The van der Waals surface area contributed by atoms with Gasteiger partial charge in [0, 0.05) is 0 Å². The molecule has 1 saturated heterocycles. The molecule has 1 fully saturated rings. The Morgan fingerprint density at radius 2 is 1.96 bits per heavy atom. The van der Waals surface area contributed by atoms with E-state index in [0.29, 0.717) is 5.21 Å². The van der Waals surface area contributed by atoms with Crippen molar-refractivity contribution in [2.24, 2.45) is 0 Å². The van der Waals surface area contributed by atoms with Crippen molar-refractivity contribution in [3.63, 3.8) is 0 Å². The fraction of sp³-hybridized carbons (Fsp3) is 1.00. The van der Waals surface area contributed by atoms with E-state index in [1.807, 2.05) is 11.4 Å². The van der Waals surface area contributed by atoms with Crippen LogP contribution < -0.4 is 0 Å². The average molecular weight is 440 g/mol. The molecule has 10 nitrogen and oxygen atoms in total. The number of rotatable bonds is 9. The number of hydrogen-bond acceptors (Lipinski definition) is 10. The Morgan fingerprint density at radius 3 is 2.48 bits per heavy atom. The molecule has 0 amide bonds. The molecule has 0 aromatic rings. The van der Waals surface area contributed by atoms with Crippen LogP contribution in [0.5, 0.6) is 0 Å². The van der Waals surface area contributed by atoms with Crippen LogP contribution in [0.4, 0.5) is 0 Å². The fourth-order valence-electron chi connectivity index (χ4n) is 1.73. The molecule has 0 aromatic carbocycles. The summed E-state index contributed by atoms with van der Waals surface area (Å²) in [6, 6.07) is 0. The first-order valence-electron chi connectivity index (χ1n) is 6.62. The second-order valence-corrected chi connectivity index (χ2v) is 19.4. The first-order chi connectivity index (χ1) is 10.4. The number of phosphoric ester groups is 1. The normalized spacial score (nSPS) is 32.7. The van der Waals surface area contributed by atoms with Crippen molar-refractivity contribution in [3.05, 3.63) is 0 Å². The summed E-state index contributed by atoms with van der Waals surface area (Å²) < 4.78 is 25.3. The van der Waals surface area contributed by atoms with Crippen LogP contribution in [0.2, 0.25) is 16.6 Å². The van der Waals surface area contributed by atoms with Crippen LogP contribution in [0.1, 0.15) is 0 Å². The summed E-state index contributed by atoms with van der Waals surface area (Å²) >= 11 is -2.33. The van der Waals surface area contributed by atoms with Crippen molar-refractivity contribution in [1.82, 2.24) is 0 Å². The number of aliphatic hydroxyl groups is 4. The van der Waals surface area contributed by atoms with Crippen molar-refractivity contribution in [3.8, 4) is 0 Å². The molecule has 23 heavy (non-hydrogen) atoms. The van der Waals surface area contributed by atoms with Crippen LogP contribution in [0, 0.1) is 0 Å². The maximum atomic E-state index is 11.5. The molecular weight excluding hydrogens is 418 g/mol. The fourth-order valence-corrected chi connectivity index (χ4v) is 5.54. The molecule has 2 unspecified atom stereocenters. The zero-order chi connectivity index (χ0) is 17.8. The van der Waals surface area contributed by atoms with Gasteiger partial charge in [-0.25, -0.2) is 0 Å².